The van der Waals surface area contributed by atoms with E-state index in [0.717, 1.165) is 34.0 Å². The predicted molar refractivity (Wildman–Crippen MR) is 266 cm³/mol. The van der Waals surface area contributed by atoms with Crippen LogP contribution in [0.3, 0.4) is 0 Å². The Morgan fingerprint density at radius 2 is 0.470 bits per heavy atom. The van der Waals surface area contributed by atoms with E-state index in [0.29, 0.717) is 0 Å². The first kappa shape index (κ1) is 76.9. The van der Waals surface area contributed by atoms with Crippen molar-refractivity contribution >= 4 is 36.1 Å². The van der Waals surface area contributed by atoms with Crippen molar-refractivity contribution in [3.05, 3.63) is 97.1 Å². The summed E-state index contributed by atoms with van der Waals surface area (Å²) in [6.45, 7) is 28.4. The van der Waals surface area contributed by atoms with Gasteiger partial charge in [-0.2, -0.15) is 26.3 Å². The van der Waals surface area contributed by atoms with Gasteiger partial charge in [-0.3, -0.25) is 0 Å². The summed E-state index contributed by atoms with van der Waals surface area (Å²) in [5.74, 6) is 0. The average molecular weight is 1200 g/mol. The van der Waals surface area contributed by atoms with Crippen molar-refractivity contribution in [2.45, 2.75) is 205 Å². The molecule has 0 aliphatic heterocycles. The summed E-state index contributed by atoms with van der Waals surface area (Å²) in [7, 11) is -12.4. The zero-order chi connectivity index (χ0) is 50.4. The van der Waals surface area contributed by atoms with E-state index in [1.807, 2.05) is 72.8 Å². The van der Waals surface area contributed by atoms with Gasteiger partial charge in [0.25, 0.3) is 0 Å². The van der Waals surface area contributed by atoms with Gasteiger partial charge in [0.15, 0.2) is 20.2 Å². The summed E-state index contributed by atoms with van der Waals surface area (Å²) in [5, 5.41) is 0. The van der Waals surface area contributed by atoms with E-state index in [1.165, 1.54) is 77.0 Å². The van der Waals surface area contributed by atoms with Crippen LogP contribution in [-0.2, 0) is 59.2 Å². The SMILES string of the molecule is C1=C\CCCCCC/1.C1=C\CCCCCC/1.CC(C)[PH+](C(C)C)C(C)C.CC(C)[PH+](C(C)C)C(C)C.O=S(=O)([O-])C(F)(F)F.O=S(=O)([O-])C(F)(F)F.[Rh].[Rh].c1ccccc1.c1ccccc1. The van der Waals surface area contributed by atoms with Gasteiger partial charge in [0.1, 0.15) is 0 Å². The van der Waals surface area contributed by atoms with E-state index in [9.17, 15) is 26.3 Å². The minimum atomic E-state index is -6.09. The van der Waals surface area contributed by atoms with Gasteiger partial charge in [-0.25, -0.2) is 16.8 Å². The maximum atomic E-state index is 10.7. The van der Waals surface area contributed by atoms with Crippen LogP contribution in [0.5, 0.6) is 0 Å². The van der Waals surface area contributed by atoms with Gasteiger partial charge in [0.2, 0.25) is 0 Å². The van der Waals surface area contributed by atoms with Crippen LogP contribution in [0.15, 0.2) is 97.1 Å². The fraction of sp³-hybridized carbons (Fsp3) is 0.667. The molecule has 2 aliphatic rings. The molecule has 0 saturated heterocycles. The molecule has 0 amide bonds. The molecule has 18 heteroatoms. The molecule has 2 radical (unpaired) electrons. The van der Waals surface area contributed by atoms with Crippen LogP contribution < -0.4 is 0 Å². The van der Waals surface area contributed by atoms with Gasteiger partial charge >= 0.3 is 11.0 Å². The zero-order valence-electron chi connectivity index (χ0n) is 41.4. The van der Waals surface area contributed by atoms with Gasteiger partial charge in [-0.15, -0.1) is 0 Å². The molecule has 0 spiro atoms. The molecule has 394 valence electrons. The smallest absolute Gasteiger partial charge is 0.485 e. The summed E-state index contributed by atoms with van der Waals surface area (Å²) in [6.07, 6.45) is 26.0. The molecular formula is C48H84F6O6P2Rh2S2. The minimum Gasteiger partial charge on any atom is -0.741 e. The molecule has 6 nitrogen and oxygen atoms in total. The Bertz CT molecular complexity index is 1370. The molecule has 66 heavy (non-hydrogen) atoms. The Balaban J connectivity index is -0.000000156. The van der Waals surface area contributed by atoms with Crippen LogP contribution in [0, 0.1) is 0 Å². The molecule has 0 unspecified atom stereocenters. The monoisotopic (exact) mass is 1200 g/mol. The van der Waals surface area contributed by atoms with Crippen molar-refractivity contribution in [3.8, 4) is 0 Å². The third-order valence-corrected chi connectivity index (χ3v) is 18.4. The van der Waals surface area contributed by atoms with E-state index in [2.05, 4.69) is 107 Å². The first-order chi connectivity index (χ1) is 29.4. The van der Waals surface area contributed by atoms with Crippen molar-refractivity contribution in [1.82, 2.24) is 0 Å². The quantitative estimate of drug-likeness (QED) is 0.0711. The maximum absolute atomic E-state index is 10.7. The Hall–Kier alpha value is -0.573. The third kappa shape index (κ3) is 51.3. The van der Waals surface area contributed by atoms with Crippen molar-refractivity contribution in [2.24, 2.45) is 0 Å². The fourth-order valence-corrected chi connectivity index (χ4v) is 15.0. The molecule has 0 atom stereocenters. The van der Waals surface area contributed by atoms with Crippen molar-refractivity contribution < 1.29 is 91.2 Å². The van der Waals surface area contributed by atoms with Gasteiger partial charge < -0.3 is 9.11 Å². The first-order valence-electron chi connectivity index (χ1n) is 22.5. The second kappa shape index (κ2) is 45.6. The standard InChI is InChI=1S/2C9H21P.2C8H14.2C6H6.2CHF3O3S.2Rh/c2*1-7(2)10(8(3)4)9(5)6;2*1-2-4-6-8-7-5-3-1;2*1-2-4-6-5-3-1;2*2-1(3,4)8(5,6)7;;/h2*7-9H,1-6H3;2*1-2H,3-8H2;2*1-6H;2*(H,5,6,7);;/b;;2*2-1-;;;;;;. The van der Waals surface area contributed by atoms with E-state index in [-0.39, 0.29) is 54.8 Å². The summed E-state index contributed by atoms with van der Waals surface area (Å²) in [6, 6.07) is 24.0. The summed E-state index contributed by atoms with van der Waals surface area (Å²) in [4.78, 5) is 0. The molecule has 0 aromatic heterocycles. The summed E-state index contributed by atoms with van der Waals surface area (Å²) < 4.78 is 118. The third-order valence-electron chi connectivity index (χ3n) is 9.22. The number of benzene rings is 2. The summed E-state index contributed by atoms with van der Waals surface area (Å²) >= 11 is 0. The Morgan fingerprint density at radius 3 is 0.545 bits per heavy atom. The second-order valence-corrected chi connectivity index (χ2v) is 28.6. The molecule has 2 aliphatic carbocycles. The summed E-state index contributed by atoms with van der Waals surface area (Å²) in [5.41, 5.74) is -5.68. The van der Waals surface area contributed by atoms with Crippen LogP contribution >= 0.6 is 15.8 Å². The van der Waals surface area contributed by atoms with Gasteiger partial charge in [-0.05, 0) is 134 Å². The number of halogens is 6. The molecule has 0 fully saturated rings. The Labute approximate surface area is 426 Å². The van der Waals surface area contributed by atoms with Gasteiger partial charge in [0, 0.05) is 54.8 Å². The number of allylic oxidation sites excluding steroid dienone is 4. The molecule has 4 rings (SSSR count). The molecule has 0 heterocycles. The van der Waals surface area contributed by atoms with Crippen molar-refractivity contribution in [3.63, 3.8) is 0 Å². The Morgan fingerprint density at radius 1 is 0.348 bits per heavy atom. The van der Waals surface area contributed by atoms with E-state index in [1.54, 1.807) is 0 Å². The van der Waals surface area contributed by atoms with E-state index >= 15 is 0 Å². The van der Waals surface area contributed by atoms with Crippen LogP contribution in [0.4, 0.5) is 26.3 Å². The largest absolute Gasteiger partial charge is 0.741 e. The fourth-order valence-electron chi connectivity index (χ4n) is 7.00. The molecule has 0 saturated carbocycles. The van der Waals surface area contributed by atoms with Crippen molar-refractivity contribution in [2.75, 3.05) is 0 Å². The number of alkyl halides is 6. The first-order valence-corrected chi connectivity index (χ1v) is 28.8. The van der Waals surface area contributed by atoms with Crippen LogP contribution in [0.25, 0.3) is 0 Å². The number of rotatable bonds is 6. The average Bonchev–Trinajstić information content (AvgIpc) is 3.12. The van der Waals surface area contributed by atoms with Gasteiger partial charge in [0.05, 0.1) is 34.0 Å². The number of hydrogen-bond acceptors (Lipinski definition) is 6. The molecule has 2 aromatic rings. The van der Waals surface area contributed by atoms with Crippen LogP contribution in [0.1, 0.15) is 160 Å². The molecule has 2 aromatic carbocycles. The van der Waals surface area contributed by atoms with Crippen LogP contribution in [-0.4, -0.2) is 70.9 Å². The second-order valence-electron chi connectivity index (χ2n) is 17.0. The zero-order valence-corrected chi connectivity index (χ0v) is 48.3. The Kier molecular flexibility index (Phi) is 53.1. The van der Waals surface area contributed by atoms with Gasteiger partial charge in [-0.1, -0.05) is 123 Å². The van der Waals surface area contributed by atoms with Crippen LogP contribution in [0.2, 0.25) is 0 Å². The predicted octanol–water partition coefficient (Wildman–Crippen LogP) is 16.1. The molecular weight excluding hydrogens is 1120 g/mol. The normalized spacial score (nSPS) is 15.0. The maximum Gasteiger partial charge on any atom is 0.485 e. The minimum absolute atomic E-state index is 0. The van der Waals surface area contributed by atoms with E-state index < -0.39 is 31.3 Å². The molecule has 0 bridgehead atoms. The van der Waals surface area contributed by atoms with Crippen molar-refractivity contribution in [1.29, 1.82) is 0 Å². The topological polar surface area (TPSA) is 114 Å². The molecule has 0 N–H and O–H groups in total. The number of hydrogen-bond donors (Lipinski definition) is 0. The van der Waals surface area contributed by atoms with E-state index in [4.69, 9.17) is 25.9 Å².